The number of para-hydroxylation sites is 1. The number of ketones is 1. The Morgan fingerprint density at radius 2 is 1.86 bits per heavy atom. The monoisotopic (exact) mass is 388 g/mol. The van der Waals surface area contributed by atoms with Crippen molar-refractivity contribution in [1.82, 2.24) is 9.13 Å². The number of nitro groups is 1. The first-order valence-electron chi connectivity index (χ1n) is 7.82. The van der Waals surface area contributed by atoms with Crippen molar-refractivity contribution < 1.29 is 19.2 Å². The summed E-state index contributed by atoms with van der Waals surface area (Å²) < 4.78 is 6.39. The Morgan fingerprint density at radius 3 is 2.50 bits per heavy atom. The van der Waals surface area contributed by atoms with E-state index in [1.54, 1.807) is 6.07 Å². The molecule has 0 aliphatic carbocycles. The molecule has 0 fully saturated rings. The number of hydrogen-bond acceptors (Lipinski definition) is 8. The normalized spacial score (nSPS) is 10.8. The van der Waals surface area contributed by atoms with Gasteiger partial charge in [-0.1, -0.05) is 12.1 Å². The van der Waals surface area contributed by atoms with Crippen molar-refractivity contribution in [3.05, 3.63) is 72.4 Å². The Labute approximate surface area is 157 Å². The van der Waals surface area contributed by atoms with Crippen molar-refractivity contribution in [1.29, 1.82) is 0 Å². The third kappa shape index (κ3) is 4.03. The van der Waals surface area contributed by atoms with Crippen LogP contribution in [-0.4, -0.2) is 32.4 Å². The molecule has 0 saturated heterocycles. The van der Waals surface area contributed by atoms with Gasteiger partial charge in [-0.25, -0.2) is 9.59 Å². The number of nitrogens with two attached hydrogens (primary N) is 1. The minimum absolute atomic E-state index is 0.173. The number of nitrogen functional groups attached to an aromatic ring is 1. The van der Waals surface area contributed by atoms with Gasteiger partial charge in [0.25, 0.3) is 11.2 Å². The van der Waals surface area contributed by atoms with Crippen LogP contribution in [0.25, 0.3) is 6.08 Å². The highest BCUT2D eigenvalue weighted by atomic mass is 16.6. The van der Waals surface area contributed by atoms with Gasteiger partial charge in [-0.2, -0.15) is 0 Å². The Kier molecular flexibility index (Phi) is 5.88. The van der Waals surface area contributed by atoms with Crippen LogP contribution in [-0.2, 0) is 23.6 Å². The maximum atomic E-state index is 12.2. The Bertz CT molecular complexity index is 1110. The van der Waals surface area contributed by atoms with Crippen molar-refractivity contribution in [3.63, 3.8) is 0 Å². The number of nitrogens with zero attached hydrogens (tertiary/aromatic N) is 3. The third-order valence-electron chi connectivity index (χ3n) is 3.87. The molecule has 0 amide bonds. The molecule has 0 unspecified atom stereocenters. The van der Waals surface area contributed by atoms with E-state index in [2.05, 4.69) is 0 Å². The summed E-state index contributed by atoms with van der Waals surface area (Å²) in [5, 5.41) is 10.9. The molecule has 0 atom stereocenters. The number of aromatic nitrogens is 2. The fourth-order valence-electron chi connectivity index (χ4n) is 2.33. The van der Waals surface area contributed by atoms with E-state index in [0.29, 0.717) is 4.57 Å². The summed E-state index contributed by atoms with van der Waals surface area (Å²) in [7, 11) is 2.47. The van der Waals surface area contributed by atoms with Crippen molar-refractivity contribution >= 4 is 29.3 Å². The molecular weight excluding hydrogens is 372 g/mol. The van der Waals surface area contributed by atoms with E-state index in [4.69, 9.17) is 10.5 Å². The van der Waals surface area contributed by atoms with Gasteiger partial charge >= 0.3 is 11.7 Å². The average Bonchev–Trinajstić information content (AvgIpc) is 2.67. The van der Waals surface area contributed by atoms with Gasteiger partial charge in [-0.05, 0) is 12.1 Å². The summed E-state index contributed by atoms with van der Waals surface area (Å²) in [4.78, 5) is 58.2. The maximum Gasteiger partial charge on any atom is 0.332 e. The predicted molar refractivity (Wildman–Crippen MR) is 98.8 cm³/mol. The summed E-state index contributed by atoms with van der Waals surface area (Å²) in [5.41, 5.74) is 3.54. The molecule has 0 spiro atoms. The number of hydrogen-bond donors (Lipinski definition) is 1. The van der Waals surface area contributed by atoms with Crippen molar-refractivity contribution in [2.45, 2.75) is 0 Å². The van der Waals surface area contributed by atoms with E-state index >= 15 is 0 Å². The summed E-state index contributed by atoms with van der Waals surface area (Å²) >= 11 is 0. The molecule has 1 aromatic heterocycles. The zero-order valence-corrected chi connectivity index (χ0v) is 14.9. The van der Waals surface area contributed by atoms with E-state index in [1.165, 1.54) is 38.4 Å². The molecule has 11 nitrogen and oxygen atoms in total. The molecule has 0 radical (unpaired) electrons. The minimum atomic E-state index is -0.952. The zero-order chi connectivity index (χ0) is 21.0. The second-order valence-corrected chi connectivity index (χ2v) is 5.65. The largest absolute Gasteiger partial charge is 0.454 e. The van der Waals surface area contributed by atoms with Gasteiger partial charge in [0.1, 0.15) is 11.4 Å². The topological polar surface area (TPSA) is 157 Å². The number of carbonyl (C=O) groups is 2. The molecule has 0 aliphatic rings. The third-order valence-corrected chi connectivity index (χ3v) is 3.87. The van der Waals surface area contributed by atoms with Crippen LogP contribution in [0.5, 0.6) is 0 Å². The second kappa shape index (κ2) is 8.12. The molecule has 11 heteroatoms. The lowest BCUT2D eigenvalue weighted by atomic mass is 10.1. The van der Waals surface area contributed by atoms with Crippen LogP contribution in [0.1, 0.15) is 15.9 Å². The van der Waals surface area contributed by atoms with E-state index in [1.807, 2.05) is 0 Å². The molecule has 0 saturated carbocycles. The first-order valence-corrected chi connectivity index (χ1v) is 7.82. The molecule has 2 aromatic rings. The number of Topliss-reactive ketones (excluding diaryl/α,β-unsaturated/α-hetero) is 1. The fourth-order valence-corrected chi connectivity index (χ4v) is 2.33. The second-order valence-electron chi connectivity index (χ2n) is 5.65. The van der Waals surface area contributed by atoms with Crippen molar-refractivity contribution in [2.24, 2.45) is 14.1 Å². The number of esters is 1. The van der Waals surface area contributed by atoms with Crippen LogP contribution in [0.4, 0.5) is 11.5 Å². The Balaban J connectivity index is 2.15. The van der Waals surface area contributed by atoms with Gasteiger partial charge in [-0.15, -0.1) is 0 Å². The zero-order valence-electron chi connectivity index (χ0n) is 14.9. The van der Waals surface area contributed by atoms with Crippen LogP contribution >= 0.6 is 0 Å². The number of rotatable bonds is 6. The lowest BCUT2D eigenvalue weighted by Crippen LogP contribution is -2.42. The quantitative estimate of drug-likeness (QED) is 0.238. The molecule has 0 aliphatic heterocycles. The SMILES string of the molecule is Cn1c(N)c(C(=O)COC(=O)C=Cc2ccccc2[N+](=O)[O-])c(=O)n(C)c1=O. The van der Waals surface area contributed by atoms with Crippen LogP contribution in [0.3, 0.4) is 0 Å². The van der Waals surface area contributed by atoms with Crippen LogP contribution in [0, 0.1) is 10.1 Å². The molecule has 1 heterocycles. The summed E-state index contributed by atoms with van der Waals surface area (Å²) in [6, 6.07) is 5.74. The summed E-state index contributed by atoms with van der Waals surface area (Å²) in [6.45, 7) is -0.794. The van der Waals surface area contributed by atoms with E-state index in [0.717, 1.165) is 10.6 Å². The molecule has 0 bridgehead atoms. The highest BCUT2D eigenvalue weighted by Crippen LogP contribution is 2.18. The molecule has 2 N–H and O–H groups in total. The number of benzene rings is 1. The van der Waals surface area contributed by atoms with E-state index < -0.39 is 40.1 Å². The summed E-state index contributed by atoms with van der Waals surface area (Å²) in [6.07, 6.45) is 2.09. The highest BCUT2D eigenvalue weighted by molar-refractivity contribution is 6.02. The van der Waals surface area contributed by atoms with Gasteiger partial charge in [0.15, 0.2) is 6.61 Å². The van der Waals surface area contributed by atoms with Gasteiger partial charge in [-0.3, -0.25) is 28.8 Å². The first-order chi connectivity index (χ1) is 13.1. The van der Waals surface area contributed by atoms with Gasteiger partial charge < -0.3 is 10.5 Å². The van der Waals surface area contributed by atoms with Crippen LogP contribution < -0.4 is 17.0 Å². The first kappa shape index (κ1) is 20.3. The fraction of sp³-hybridized carbons (Fsp3) is 0.176. The predicted octanol–water partition coefficient (Wildman–Crippen LogP) is 0.0137. The van der Waals surface area contributed by atoms with Crippen molar-refractivity contribution in [3.8, 4) is 0 Å². The Morgan fingerprint density at radius 1 is 1.21 bits per heavy atom. The van der Waals surface area contributed by atoms with Crippen LogP contribution in [0.15, 0.2) is 39.9 Å². The van der Waals surface area contributed by atoms with Crippen molar-refractivity contribution in [2.75, 3.05) is 12.3 Å². The summed E-state index contributed by atoms with van der Waals surface area (Å²) in [5.74, 6) is -2.18. The van der Waals surface area contributed by atoms with E-state index in [9.17, 15) is 29.3 Å². The lowest BCUT2D eigenvalue weighted by molar-refractivity contribution is -0.385. The minimum Gasteiger partial charge on any atom is -0.454 e. The molecular formula is C17H16N4O7. The average molecular weight is 388 g/mol. The number of nitro benzene ring substituents is 1. The highest BCUT2D eigenvalue weighted by Gasteiger charge is 2.21. The van der Waals surface area contributed by atoms with E-state index in [-0.39, 0.29) is 17.1 Å². The maximum absolute atomic E-state index is 12.2. The lowest BCUT2D eigenvalue weighted by Gasteiger charge is -2.10. The molecule has 146 valence electrons. The Hall–Kier alpha value is -4.02. The molecule has 1 aromatic carbocycles. The number of ether oxygens (including phenoxy) is 1. The number of anilines is 1. The molecule has 28 heavy (non-hydrogen) atoms. The van der Waals surface area contributed by atoms with Gasteiger partial charge in [0.2, 0.25) is 5.78 Å². The van der Waals surface area contributed by atoms with Gasteiger partial charge in [0.05, 0.1) is 10.5 Å². The molecule has 2 rings (SSSR count). The standard InChI is InChI=1S/C17H16N4O7/c1-19-15(18)14(16(24)20(2)17(19)25)12(22)9-28-13(23)8-7-10-5-3-4-6-11(10)21(26)27/h3-8H,9,18H2,1-2H3. The van der Waals surface area contributed by atoms with Gasteiger partial charge in [0, 0.05) is 26.2 Å². The van der Waals surface area contributed by atoms with Crippen LogP contribution in [0.2, 0.25) is 0 Å². The smallest absolute Gasteiger partial charge is 0.332 e. The number of carbonyl (C=O) groups excluding carboxylic acids is 2.